The van der Waals surface area contributed by atoms with Gasteiger partial charge in [0, 0.05) is 52.6 Å². The van der Waals surface area contributed by atoms with E-state index < -0.39 is 0 Å². The fourth-order valence-electron chi connectivity index (χ4n) is 2.66. The van der Waals surface area contributed by atoms with Crippen LogP contribution >= 0.6 is 0 Å². The Kier molecular flexibility index (Phi) is 7.53. The van der Waals surface area contributed by atoms with Crippen molar-refractivity contribution in [3.05, 3.63) is 30.3 Å². The van der Waals surface area contributed by atoms with Crippen LogP contribution in [0.4, 0.5) is 5.69 Å². The highest BCUT2D eigenvalue weighted by Crippen LogP contribution is 2.19. The zero-order chi connectivity index (χ0) is 18.1. The second kappa shape index (κ2) is 9.88. The molecule has 138 valence electrons. The Morgan fingerprint density at radius 1 is 1.36 bits per heavy atom. The van der Waals surface area contributed by atoms with Crippen LogP contribution in [0.5, 0.6) is 0 Å². The first kappa shape index (κ1) is 19.1. The first-order valence-electron chi connectivity index (χ1n) is 8.64. The number of ether oxygens (including phenoxy) is 1. The Morgan fingerprint density at radius 2 is 2.12 bits per heavy atom. The van der Waals surface area contributed by atoms with Crippen LogP contribution in [0, 0.1) is 0 Å². The van der Waals surface area contributed by atoms with Gasteiger partial charge in [-0.15, -0.1) is 0 Å². The number of hydrogen-bond acceptors (Lipinski definition) is 4. The normalized spacial score (nSPS) is 17.5. The SMILES string of the molecule is COCCNC(=NCC(=O)N(C)C)NC1CCN(c2ccccc2)C1. The lowest BCUT2D eigenvalue weighted by molar-refractivity contribution is -0.127. The molecule has 0 bridgehead atoms. The Bertz CT molecular complexity index is 562. The molecule has 1 atom stereocenters. The van der Waals surface area contributed by atoms with E-state index >= 15 is 0 Å². The third-order valence-electron chi connectivity index (χ3n) is 4.12. The van der Waals surface area contributed by atoms with Crippen LogP contribution in [0.25, 0.3) is 0 Å². The molecule has 0 spiro atoms. The summed E-state index contributed by atoms with van der Waals surface area (Å²) >= 11 is 0. The summed E-state index contributed by atoms with van der Waals surface area (Å²) in [7, 11) is 5.13. The van der Waals surface area contributed by atoms with Gasteiger partial charge in [-0.05, 0) is 18.6 Å². The van der Waals surface area contributed by atoms with E-state index in [0.29, 0.717) is 25.2 Å². The van der Waals surface area contributed by atoms with Gasteiger partial charge in [0.05, 0.1) is 6.61 Å². The Labute approximate surface area is 150 Å². The number of nitrogens with zero attached hydrogens (tertiary/aromatic N) is 3. The first-order valence-corrected chi connectivity index (χ1v) is 8.64. The molecule has 1 aromatic rings. The number of rotatable bonds is 7. The van der Waals surface area contributed by atoms with Crippen molar-refractivity contribution in [2.24, 2.45) is 4.99 Å². The predicted molar refractivity (Wildman–Crippen MR) is 101 cm³/mol. The maximum atomic E-state index is 11.8. The highest BCUT2D eigenvalue weighted by atomic mass is 16.5. The number of para-hydroxylation sites is 1. The van der Waals surface area contributed by atoms with Gasteiger partial charge in [-0.25, -0.2) is 4.99 Å². The molecule has 1 unspecified atom stereocenters. The largest absolute Gasteiger partial charge is 0.383 e. The van der Waals surface area contributed by atoms with Crippen LogP contribution < -0.4 is 15.5 Å². The molecule has 2 rings (SSSR count). The van der Waals surface area contributed by atoms with Crippen molar-refractivity contribution in [3.63, 3.8) is 0 Å². The number of amides is 1. The molecule has 0 aromatic heterocycles. The van der Waals surface area contributed by atoms with Gasteiger partial charge in [-0.2, -0.15) is 0 Å². The number of nitrogens with one attached hydrogen (secondary N) is 2. The van der Waals surface area contributed by atoms with Crippen LogP contribution in [0.3, 0.4) is 0 Å². The smallest absolute Gasteiger partial charge is 0.243 e. The molecule has 0 saturated carbocycles. The molecule has 1 saturated heterocycles. The number of guanidine groups is 1. The topological polar surface area (TPSA) is 69.2 Å². The third-order valence-corrected chi connectivity index (χ3v) is 4.12. The minimum absolute atomic E-state index is 0.0230. The Hall–Kier alpha value is -2.28. The molecule has 2 N–H and O–H groups in total. The van der Waals surface area contributed by atoms with Gasteiger partial charge >= 0.3 is 0 Å². The summed E-state index contributed by atoms with van der Waals surface area (Å²) in [6.07, 6.45) is 1.03. The fourth-order valence-corrected chi connectivity index (χ4v) is 2.66. The number of benzene rings is 1. The molecule has 7 nitrogen and oxygen atoms in total. The zero-order valence-electron chi connectivity index (χ0n) is 15.4. The van der Waals surface area contributed by atoms with Crippen LogP contribution in [-0.2, 0) is 9.53 Å². The highest BCUT2D eigenvalue weighted by molar-refractivity contribution is 5.85. The molecule has 25 heavy (non-hydrogen) atoms. The van der Waals surface area contributed by atoms with E-state index in [4.69, 9.17) is 4.74 Å². The minimum atomic E-state index is -0.0230. The van der Waals surface area contributed by atoms with E-state index in [1.165, 1.54) is 5.69 Å². The lowest BCUT2D eigenvalue weighted by Crippen LogP contribution is -2.46. The number of likely N-dealkylation sites (N-methyl/N-ethyl adjacent to an activating group) is 1. The molecular weight excluding hydrogens is 318 g/mol. The maximum absolute atomic E-state index is 11.8. The maximum Gasteiger partial charge on any atom is 0.243 e. The summed E-state index contributed by atoms with van der Waals surface area (Å²) in [5, 5.41) is 6.66. The van der Waals surface area contributed by atoms with Crippen molar-refractivity contribution < 1.29 is 9.53 Å². The van der Waals surface area contributed by atoms with Gasteiger partial charge in [0.1, 0.15) is 6.54 Å². The van der Waals surface area contributed by atoms with E-state index in [9.17, 15) is 4.79 Å². The van der Waals surface area contributed by atoms with Gasteiger partial charge < -0.3 is 25.2 Å². The van der Waals surface area contributed by atoms with Crippen molar-refractivity contribution >= 4 is 17.6 Å². The summed E-state index contributed by atoms with van der Waals surface area (Å²) in [6, 6.07) is 10.7. The lowest BCUT2D eigenvalue weighted by atomic mass is 10.3. The molecular formula is C18H29N5O2. The lowest BCUT2D eigenvalue weighted by Gasteiger charge is -2.20. The number of methoxy groups -OCH3 is 1. The van der Waals surface area contributed by atoms with Crippen molar-refractivity contribution in [2.75, 3.05) is 58.9 Å². The number of carbonyl (C=O) groups excluding carboxylic acids is 1. The average molecular weight is 347 g/mol. The Morgan fingerprint density at radius 3 is 2.80 bits per heavy atom. The molecule has 1 aromatic carbocycles. The van der Waals surface area contributed by atoms with E-state index in [0.717, 1.165) is 19.5 Å². The third kappa shape index (κ3) is 6.26. The summed E-state index contributed by atoms with van der Waals surface area (Å²) in [6.45, 7) is 3.28. The molecule has 0 radical (unpaired) electrons. The summed E-state index contributed by atoms with van der Waals surface area (Å²) < 4.78 is 5.07. The van der Waals surface area contributed by atoms with Gasteiger partial charge in [-0.3, -0.25) is 4.79 Å². The molecule has 1 heterocycles. The Balaban J connectivity index is 1.91. The predicted octanol–water partition coefficient (Wildman–Crippen LogP) is 0.535. The van der Waals surface area contributed by atoms with E-state index in [-0.39, 0.29) is 12.5 Å². The second-order valence-electron chi connectivity index (χ2n) is 6.28. The molecule has 7 heteroatoms. The molecule has 1 aliphatic rings. The summed E-state index contributed by atoms with van der Waals surface area (Å²) in [4.78, 5) is 20.1. The monoisotopic (exact) mass is 347 g/mol. The van der Waals surface area contributed by atoms with E-state index in [1.54, 1.807) is 26.1 Å². The molecule has 1 aliphatic heterocycles. The van der Waals surface area contributed by atoms with Gasteiger partial charge in [0.25, 0.3) is 0 Å². The summed E-state index contributed by atoms with van der Waals surface area (Å²) in [5.41, 5.74) is 1.24. The number of carbonyl (C=O) groups is 1. The van der Waals surface area contributed by atoms with Crippen LogP contribution in [0.2, 0.25) is 0 Å². The van der Waals surface area contributed by atoms with Crippen molar-refractivity contribution in [2.45, 2.75) is 12.5 Å². The fraction of sp³-hybridized carbons (Fsp3) is 0.556. The van der Waals surface area contributed by atoms with Crippen molar-refractivity contribution in [1.29, 1.82) is 0 Å². The highest BCUT2D eigenvalue weighted by Gasteiger charge is 2.23. The van der Waals surface area contributed by atoms with Crippen LogP contribution in [0.15, 0.2) is 35.3 Å². The van der Waals surface area contributed by atoms with Crippen molar-refractivity contribution in [1.82, 2.24) is 15.5 Å². The molecule has 0 aliphatic carbocycles. The average Bonchev–Trinajstić information content (AvgIpc) is 3.08. The number of hydrogen-bond donors (Lipinski definition) is 2. The number of anilines is 1. The quantitative estimate of drug-likeness (QED) is 0.428. The van der Waals surface area contributed by atoms with E-state index in [2.05, 4.69) is 44.8 Å². The van der Waals surface area contributed by atoms with Gasteiger partial charge in [-0.1, -0.05) is 18.2 Å². The van der Waals surface area contributed by atoms with Crippen LogP contribution in [-0.4, -0.2) is 76.8 Å². The van der Waals surface area contributed by atoms with E-state index in [1.807, 2.05) is 6.07 Å². The zero-order valence-corrected chi connectivity index (χ0v) is 15.4. The number of aliphatic imine (C=N–C) groups is 1. The first-order chi connectivity index (χ1) is 12.1. The van der Waals surface area contributed by atoms with Crippen LogP contribution in [0.1, 0.15) is 6.42 Å². The van der Waals surface area contributed by atoms with Crippen molar-refractivity contribution in [3.8, 4) is 0 Å². The standard InChI is InChI=1S/C18H29N5O2/c1-22(2)17(24)13-20-18(19-10-12-25-3)21-15-9-11-23(14-15)16-7-5-4-6-8-16/h4-8,15H,9-14H2,1-3H3,(H2,19,20,21). The second-order valence-corrected chi connectivity index (χ2v) is 6.28. The summed E-state index contributed by atoms with van der Waals surface area (Å²) in [5.74, 6) is 0.636. The van der Waals surface area contributed by atoms with Gasteiger partial charge in [0.2, 0.25) is 5.91 Å². The molecule has 1 fully saturated rings. The molecule has 1 amide bonds. The minimum Gasteiger partial charge on any atom is -0.383 e. The van der Waals surface area contributed by atoms with Gasteiger partial charge in [0.15, 0.2) is 5.96 Å².